The summed E-state index contributed by atoms with van der Waals surface area (Å²) in [6, 6.07) is 8.71. The van der Waals surface area contributed by atoms with E-state index >= 15 is 0 Å². The number of carbonyl (C=O) groups excluding carboxylic acids is 2. The van der Waals surface area contributed by atoms with Crippen molar-refractivity contribution >= 4 is 39.2 Å². The van der Waals surface area contributed by atoms with Crippen molar-refractivity contribution in [2.75, 3.05) is 0 Å². The maximum atomic E-state index is 12.6. The number of nitrogens with zero attached hydrogens (tertiary/aromatic N) is 2. The minimum Gasteiger partial charge on any atom is -0.318 e. The van der Waals surface area contributed by atoms with E-state index in [4.69, 9.17) is 0 Å². The summed E-state index contributed by atoms with van der Waals surface area (Å²) in [7, 11) is 0. The second kappa shape index (κ2) is 5.23. The second-order valence-electron chi connectivity index (χ2n) is 4.87. The van der Waals surface area contributed by atoms with Crippen molar-refractivity contribution in [3.05, 3.63) is 50.9 Å². The monoisotopic (exact) mass is 365 g/mol. The number of thiophene rings is 1. The van der Waals surface area contributed by atoms with Crippen molar-refractivity contribution in [2.24, 2.45) is 0 Å². The Hall–Kier alpha value is -1.73. The topological polar surface area (TPSA) is 62.3 Å². The molecular formula is C14H12BrN3O2S. The van der Waals surface area contributed by atoms with Gasteiger partial charge in [0.2, 0.25) is 0 Å². The Bertz CT molecular complexity index is 703. The highest BCUT2D eigenvalue weighted by molar-refractivity contribution is 9.11. The molecule has 1 N–H and O–H groups in total. The average molecular weight is 366 g/mol. The van der Waals surface area contributed by atoms with Gasteiger partial charge in [0, 0.05) is 11.1 Å². The predicted molar refractivity (Wildman–Crippen MR) is 82.7 cm³/mol. The van der Waals surface area contributed by atoms with Gasteiger partial charge in [0.05, 0.1) is 16.0 Å². The number of hydrogen-bond donors (Lipinski definition) is 1. The zero-order valence-corrected chi connectivity index (χ0v) is 13.6. The smallest absolute Gasteiger partial charge is 0.318 e. The first kappa shape index (κ1) is 14.2. The molecule has 1 aliphatic rings. The van der Waals surface area contributed by atoms with Crippen molar-refractivity contribution in [2.45, 2.75) is 19.0 Å². The van der Waals surface area contributed by atoms with Crippen LogP contribution >= 0.6 is 27.3 Å². The number of hydrogen-bond acceptors (Lipinski definition) is 4. The molecular weight excluding hydrogens is 354 g/mol. The van der Waals surface area contributed by atoms with Gasteiger partial charge in [0.25, 0.3) is 5.91 Å². The van der Waals surface area contributed by atoms with Crippen molar-refractivity contribution in [1.29, 1.82) is 0 Å². The Labute approximate surface area is 134 Å². The summed E-state index contributed by atoms with van der Waals surface area (Å²) in [6.45, 7) is 1.95. The van der Waals surface area contributed by atoms with E-state index in [9.17, 15) is 9.59 Å². The molecule has 2 aromatic rings. The highest BCUT2D eigenvalue weighted by atomic mass is 79.9. The van der Waals surface area contributed by atoms with Crippen LogP contribution in [0.15, 0.2) is 40.3 Å². The number of rotatable bonds is 3. The van der Waals surface area contributed by atoms with Crippen LogP contribution in [-0.4, -0.2) is 21.8 Å². The first-order chi connectivity index (χ1) is 10.0. The summed E-state index contributed by atoms with van der Waals surface area (Å²) in [5.41, 5.74) is -0.564. The lowest BCUT2D eigenvalue weighted by molar-refractivity contribution is -0.131. The molecule has 0 spiro atoms. The van der Waals surface area contributed by atoms with E-state index in [1.54, 1.807) is 31.3 Å². The van der Waals surface area contributed by atoms with E-state index in [0.29, 0.717) is 5.69 Å². The van der Waals surface area contributed by atoms with Crippen molar-refractivity contribution in [3.63, 3.8) is 0 Å². The molecule has 3 rings (SSSR count). The molecule has 0 radical (unpaired) electrons. The van der Waals surface area contributed by atoms with Crippen LogP contribution < -0.4 is 5.32 Å². The summed E-state index contributed by atoms with van der Waals surface area (Å²) in [5, 5.41) is 2.74. The second-order valence-corrected chi connectivity index (χ2v) is 7.41. The summed E-state index contributed by atoms with van der Waals surface area (Å²) in [6.07, 6.45) is 1.61. The summed E-state index contributed by atoms with van der Waals surface area (Å²) in [5.74, 6) is -0.282. The van der Waals surface area contributed by atoms with Crippen LogP contribution in [0.2, 0.25) is 0 Å². The van der Waals surface area contributed by atoms with Gasteiger partial charge in [-0.15, -0.1) is 11.3 Å². The Morgan fingerprint density at radius 2 is 2.14 bits per heavy atom. The third-order valence-corrected chi connectivity index (χ3v) is 5.00. The Balaban J connectivity index is 1.88. The first-order valence-corrected chi connectivity index (χ1v) is 7.91. The van der Waals surface area contributed by atoms with Gasteiger partial charge in [0.1, 0.15) is 0 Å². The number of amides is 3. The standard InChI is InChI=1S/C14H12BrN3O2S/c1-14(10-4-2-3-7-16-10)12(19)18(13(20)17-14)8-9-5-6-11(15)21-9/h2-7H,8H2,1H3,(H,17,20). The van der Waals surface area contributed by atoms with Crippen LogP contribution in [0, 0.1) is 0 Å². The van der Waals surface area contributed by atoms with Gasteiger partial charge in [-0.25, -0.2) is 4.79 Å². The number of pyridine rings is 1. The first-order valence-electron chi connectivity index (χ1n) is 6.30. The highest BCUT2D eigenvalue weighted by Gasteiger charge is 2.49. The molecule has 21 heavy (non-hydrogen) atoms. The molecule has 1 saturated heterocycles. The molecule has 7 heteroatoms. The number of nitrogens with one attached hydrogen (secondary N) is 1. The quantitative estimate of drug-likeness (QED) is 0.850. The molecule has 5 nitrogen and oxygen atoms in total. The molecule has 108 valence electrons. The third kappa shape index (κ3) is 2.47. The fourth-order valence-corrected chi connectivity index (χ4v) is 3.74. The summed E-state index contributed by atoms with van der Waals surface area (Å²) in [4.78, 5) is 31.2. The van der Waals surface area contributed by atoms with Crippen LogP contribution in [0.3, 0.4) is 0 Å². The number of urea groups is 1. The molecule has 1 fully saturated rings. The largest absolute Gasteiger partial charge is 0.325 e. The molecule has 2 aromatic heterocycles. The zero-order valence-electron chi connectivity index (χ0n) is 11.2. The van der Waals surface area contributed by atoms with E-state index in [0.717, 1.165) is 8.66 Å². The number of aromatic nitrogens is 1. The maximum absolute atomic E-state index is 12.6. The number of imide groups is 1. The Morgan fingerprint density at radius 3 is 2.76 bits per heavy atom. The minimum absolute atomic E-state index is 0.267. The van der Waals surface area contributed by atoms with E-state index in [2.05, 4.69) is 26.2 Å². The SMILES string of the molecule is CC1(c2ccccn2)NC(=O)N(Cc2ccc(Br)s2)C1=O. The van der Waals surface area contributed by atoms with Gasteiger partial charge in [-0.3, -0.25) is 14.7 Å². The van der Waals surface area contributed by atoms with Crippen molar-refractivity contribution in [3.8, 4) is 0 Å². The summed E-state index contributed by atoms with van der Waals surface area (Å²) < 4.78 is 0.969. The van der Waals surface area contributed by atoms with Gasteiger partial charge in [-0.1, -0.05) is 6.07 Å². The molecule has 1 atom stereocenters. The van der Waals surface area contributed by atoms with E-state index in [1.807, 2.05) is 12.1 Å². The predicted octanol–water partition coefficient (Wildman–Crippen LogP) is 2.87. The lowest BCUT2D eigenvalue weighted by atomic mass is 9.97. The fraction of sp³-hybridized carbons (Fsp3) is 0.214. The lowest BCUT2D eigenvalue weighted by Crippen LogP contribution is -2.41. The molecule has 3 amide bonds. The van der Waals surface area contributed by atoms with Crippen molar-refractivity contribution < 1.29 is 9.59 Å². The fourth-order valence-electron chi connectivity index (χ4n) is 2.27. The number of halogens is 1. The molecule has 0 aromatic carbocycles. The Kier molecular flexibility index (Phi) is 3.54. The van der Waals surface area contributed by atoms with Crippen molar-refractivity contribution in [1.82, 2.24) is 15.2 Å². The van der Waals surface area contributed by atoms with Crippen LogP contribution in [0.4, 0.5) is 4.79 Å². The van der Waals surface area contributed by atoms with Gasteiger partial charge >= 0.3 is 6.03 Å². The van der Waals surface area contributed by atoms with E-state index in [1.165, 1.54) is 16.2 Å². The van der Waals surface area contributed by atoms with Gasteiger partial charge in [-0.2, -0.15) is 0 Å². The molecule has 0 bridgehead atoms. The van der Waals surface area contributed by atoms with E-state index < -0.39 is 11.6 Å². The Morgan fingerprint density at radius 1 is 1.33 bits per heavy atom. The normalized spacial score (nSPS) is 21.7. The molecule has 0 saturated carbocycles. The van der Waals surface area contributed by atoms with Gasteiger partial charge in [0.15, 0.2) is 5.54 Å². The van der Waals surface area contributed by atoms with E-state index in [-0.39, 0.29) is 12.5 Å². The lowest BCUT2D eigenvalue weighted by Gasteiger charge is -2.20. The zero-order chi connectivity index (χ0) is 15.0. The molecule has 3 heterocycles. The minimum atomic E-state index is -1.10. The van der Waals surface area contributed by atoms with Gasteiger partial charge < -0.3 is 5.32 Å². The number of carbonyl (C=O) groups is 2. The molecule has 1 aliphatic heterocycles. The van der Waals surface area contributed by atoms with Crippen LogP contribution in [0.5, 0.6) is 0 Å². The molecule has 1 unspecified atom stereocenters. The van der Waals surface area contributed by atoms with Crippen LogP contribution in [-0.2, 0) is 16.9 Å². The highest BCUT2D eigenvalue weighted by Crippen LogP contribution is 2.30. The third-order valence-electron chi connectivity index (χ3n) is 3.39. The van der Waals surface area contributed by atoms with Crippen LogP contribution in [0.25, 0.3) is 0 Å². The van der Waals surface area contributed by atoms with Crippen LogP contribution in [0.1, 0.15) is 17.5 Å². The summed E-state index contributed by atoms with van der Waals surface area (Å²) >= 11 is 4.88. The average Bonchev–Trinajstić information content (AvgIpc) is 2.98. The molecule has 0 aliphatic carbocycles. The van der Waals surface area contributed by atoms with Gasteiger partial charge in [-0.05, 0) is 47.1 Å². The maximum Gasteiger partial charge on any atom is 0.325 e.